The molecule has 2 aromatic rings. The third kappa shape index (κ3) is 5.97. The van der Waals surface area contributed by atoms with E-state index in [2.05, 4.69) is 82.5 Å². The highest BCUT2D eigenvalue weighted by Crippen LogP contribution is 2.16. The number of aliphatic imine (C=N–C) groups is 1. The van der Waals surface area contributed by atoms with Crippen molar-refractivity contribution in [3.8, 4) is 0 Å². The van der Waals surface area contributed by atoms with Gasteiger partial charge in [-0.25, -0.2) is 0 Å². The van der Waals surface area contributed by atoms with Crippen molar-refractivity contribution in [3.63, 3.8) is 0 Å². The lowest BCUT2D eigenvalue weighted by molar-refractivity contribution is 0.635. The Morgan fingerprint density at radius 1 is 1.31 bits per heavy atom. The van der Waals surface area contributed by atoms with Crippen molar-refractivity contribution in [1.82, 2.24) is 20.4 Å². The molecule has 1 atom stereocenters. The van der Waals surface area contributed by atoms with Crippen LogP contribution >= 0.6 is 39.9 Å². The number of aryl methyl sites for hydroxylation is 3. The van der Waals surface area contributed by atoms with E-state index in [-0.39, 0.29) is 30.0 Å². The van der Waals surface area contributed by atoms with Crippen LogP contribution in [0.4, 0.5) is 0 Å². The minimum absolute atomic E-state index is 0. The van der Waals surface area contributed by atoms with Gasteiger partial charge in [0.2, 0.25) is 0 Å². The van der Waals surface area contributed by atoms with Gasteiger partial charge < -0.3 is 10.6 Å². The molecule has 26 heavy (non-hydrogen) atoms. The molecule has 0 saturated carbocycles. The van der Waals surface area contributed by atoms with Crippen LogP contribution in [0, 0.1) is 20.8 Å². The van der Waals surface area contributed by atoms with E-state index >= 15 is 0 Å². The van der Waals surface area contributed by atoms with Crippen LogP contribution in [-0.4, -0.2) is 28.8 Å². The van der Waals surface area contributed by atoms with Crippen LogP contribution in [0.1, 0.15) is 35.0 Å². The van der Waals surface area contributed by atoms with Gasteiger partial charge in [-0.15, -0.1) is 24.0 Å². The Kier molecular flexibility index (Phi) is 9.09. The molecule has 1 aromatic heterocycles. The zero-order valence-corrected chi connectivity index (χ0v) is 20.3. The lowest BCUT2D eigenvalue weighted by Gasteiger charge is -2.19. The molecule has 1 aromatic carbocycles. The van der Waals surface area contributed by atoms with E-state index < -0.39 is 0 Å². The molecular formula is C19H29BrIN5. The van der Waals surface area contributed by atoms with Crippen molar-refractivity contribution in [2.24, 2.45) is 12.0 Å². The summed E-state index contributed by atoms with van der Waals surface area (Å²) in [5.74, 6) is 0.814. The molecule has 0 amide bonds. The second-order valence-electron chi connectivity index (χ2n) is 6.52. The van der Waals surface area contributed by atoms with Gasteiger partial charge in [0.25, 0.3) is 0 Å². The number of rotatable bonds is 5. The Labute approximate surface area is 182 Å². The fraction of sp³-hybridized carbons (Fsp3) is 0.474. The summed E-state index contributed by atoms with van der Waals surface area (Å²) >= 11 is 3.50. The highest BCUT2D eigenvalue weighted by atomic mass is 127. The predicted molar refractivity (Wildman–Crippen MR) is 123 cm³/mol. The summed E-state index contributed by atoms with van der Waals surface area (Å²) in [6.45, 7) is 9.22. The molecule has 2 N–H and O–H groups in total. The van der Waals surface area contributed by atoms with Crippen LogP contribution < -0.4 is 10.6 Å². The largest absolute Gasteiger partial charge is 0.354 e. The molecular weight excluding hydrogens is 505 g/mol. The molecule has 144 valence electrons. The standard InChI is InChI=1S/C19H28BrN5.HI/c1-12-9-17(20)8-7-16(12)11-22-19(21-5)23-13(2)10-18-14(3)24-25(6)15(18)4;/h7-9,13H,10-11H2,1-6H3,(H2,21,22,23);1H. The van der Waals surface area contributed by atoms with Gasteiger partial charge in [0.15, 0.2) is 5.96 Å². The molecule has 2 rings (SSSR count). The van der Waals surface area contributed by atoms with E-state index in [4.69, 9.17) is 0 Å². The van der Waals surface area contributed by atoms with Gasteiger partial charge in [0, 0.05) is 36.8 Å². The molecule has 0 fully saturated rings. The van der Waals surface area contributed by atoms with E-state index in [1.54, 1.807) is 7.05 Å². The number of hydrogen-bond acceptors (Lipinski definition) is 2. The van der Waals surface area contributed by atoms with Crippen LogP contribution in [0.2, 0.25) is 0 Å². The molecule has 0 radical (unpaired) electrons. The van der Waals surface area contributed by atoms with Crippen molar-refractivity contribution < 1.29 is 0 Å². The summed E-state index contributed by atoms with van der Waals surface area (Å²) in [5, 5.41) is 11.4. The number of aromatic nitrogens is 2. The summed E-state index contributed by atoms with van der Waals surface area (Å²) in [6, 6.07) is 6.59. The van der Waals surface area contributed by atoms with Crippen molar-refractivity contribution in [2.45, 2.75) is 46.7 Å². The molecule has 1 unspecified atom stereocenters. The van der Waals surface area contributed by atoms with E-state index in [9.17, 15) is 0 Å². The van der Waals surface area contributed by atoms with E-state index in [0.717, 1.165) is 29.1 Å². The fourth-order valence-corrected chi connectivity index (χ4v) is 3.41. The maximum Gasteiger partial charge on any atom is 0.191 e. The highest BCUT2D eigenvalue weighted by Gasteiger charge is 2.14. The molecule has 0 saturated heterocycles. The summed E-state index contributed by atoms with van der Waals surface area (Å²) in [4.78, 5) is 4.35. The van der Waals surface area contributed by atoms with Gasteiger partial charge >= 0.3 is 0 Å². The minimum atomic E-state index is 0. The first kappa shape index (κ1) is 23.0. The molecule has 0 aliphatic heterocycles. The zero-order valence-electron chi connectivity index (χ0n) is 16.4. The third-order valence-corrected chi connectivity index (χ3v) is 5.02. The van der Waals surface area contributed by atoms with Crippen molar-refractivity contribution in [1.29, 1.82) is 0 Å². The smallest absolute Gasteiger partial charge is 0.191 e. The number of guanidine groups is 1. The van der Waals surface area contributed by atoms with Crippen molar-refractivity contribution in [2.75, 3.05) is 7.05 Å². The van der Waals surface area contributed by atoms with Crippen LogP contribution in [0.25, 0.3) is 0 Å². The zero-order chi connectivity index (χ0) is 18.6. The highest BCUT2D eigenvalue weighted by molar-refractivity contribution is 14.0. The van der Waals surface area contributed by atoms with Crippen molar-refractivity contribution in [3.05, 3.63) is 50.8 Å². The van der Waals surface area contributed by atoms with Crippen molar-refractivity contribution >= 4 is 45.9 Å². The van der Waals surface area contributed by atoms with E-state index in [1.807, 2.05) is 11.7 Å². The fourth-order valence-electron chi connectivity index (χ4n) is 2.93. The number of halogens is 2. The number of benzene rings is 1. The first-order chi connectivity index (χ1) is 11.8. The van der Waals surface area contributed by atoms with Crippen LogP contribution in [0.3, 0.4) is 0 Å². The molecule has 0 aliphatic rings. The molecule has 0 aliphatic carbocycles. The van der Waals surface area contributed by atoms with Gasteiger partial charge in [0.1, 0.15) is 0 Å². The normalized spacial score (nSPS) is 12.5. The first-order valence-electron chi connectivity index (χ1n) is 8.53. The average molecular weight is 534 g/mol. The Morgan fingerprint density at radius 2 is 2.00 bits per heavy atom. The van der Waals surface area contributed by atoms with Crippen LogP contribution in [-0.2, 0) is 20.0 Å². The van der Waals surface area contributed by atoms with E-state index in [1.165, 1.54) is 22.4 Å². The average Bonchev–Trinajstić information content (AvgIpc) is 2.79. The summed E-state index contributed by atoms with van der Waals surface area (Å²) < 4.78 is 3.05. The van der Waals surface area contributed by atoms with Gasteiger partial charge in [-0.2, -0.15) is 5.10 Å². The number of hydrogen-bond donors (Lipinski definition) is 2. The molecule has 1 heterocycles. The topological polar surface area (TPSA) is 54.2 Å². The molecule has 0 spiro atoms. The lowest BCUT2D eigenvalue weighted by Crippen LogP contribution is -2.42. The number of nitrogens with one attached hydrogen (secondary N) is 2. The molecule has 0 bridgehead atoms. The second kappa shape index (κ2) is 10.3. The lowest BCUT2D eigenvalue weighted by atomic mass is 10.1. The maximum absolute atomic E-state index is 4.49. The third-order valence-electron chi connectivity index (χ3n) is 4.53. The van der Waals surface area contributed by atoms with Gasteiger partial charge in [0.05, 0.1) is 5.69 Å². The Morgan fingerprint density at radius 3 is 2.54 bits per heavy atom. The van der Waals surface area contributed by atoms with Crippen LogP contribution in [0.15, 0.2) is 27.7 Å². The summed E-state index contributed by atoms with van der Waals surface area (Å²) in [6.07, 6.45) is 0.920. The Bertz CT molecular complexity index is 770. The SMILES string of the molecule is CN=C(NCc1ccc(Br)cc1C)NC(C)Cc1c(C)nn(C)c1C.I. The molecule has 7 heteroatoms. The quantitative estimate of drug-likeness (QED) is 0.347. The molecule has 5 nitrogen and oxygen atoms in total. The van der Waals surface area contributed by atoms with Gasteiger partial charge in [-0.1, -0.05) is 22.0 Å². The van der Waals surface area contributed by atoms with Gasteiger partial charge in [-0.05, 0) is 62.9 Å². The Balaban J connectivity index is 0.00000338. The van der Waals surface area contributed by atoms with Crippen LogP contribution in [0.5, 0.6) is 0 Å². The first-order valence-corrected chi connectivity index (χ1v) is 9.32. The minimum Gasteiger partial charge on any atom is -0.354 e. The summed E-state index contributed by atoms with van der Waals surface area (Å²) in [5.41, 5.74) is 6.15. The predicted octanol–water partition coefficient (Wildman–Crippen LogP) is 4.02. The van der Waals surface area contributed by atoms with E-state index in [0.29, 0.717) is 0 Å². The Hall–Kier alpha value is -1.09. The number of nitrogens with zero attached hydrogens (tertiary/aromatic N) is 3. The van der Waals surface area contributed by atoms with Gasteiger partial charge in [-0.3, -0.25) is 9.67 Å². The second-order valence-corrected chi connectivity index (χ2v) is 7.43. The summed E-state index contributed by atoms with van der Waals surface area (Å²) in [7, 11) is 3.79. The monoisotopic (exact) mass is 533 g/mol. The maximum atomic E-state index is 4.49.